The van der Waals surface area contributed by atoms with Gasteiger partial charge in [-0.05, 0) is 24.5 Å². The topological polar surface area (TPSA) is 92.5 Å². The van der Waals surface area contributed by atoms with Gasteiger partial charge in [-0.1, -0.05) is 42.5 Å². The van der Waals surface area contributed by atoms with E-state index in [1.54, 1.807) is 19.1 Å². The zero-order valence-electron chi connectivity index (χ0n) is 14.1. The van der Waals surface area contributed by atoms with Gasteiger partial charge >= 0.3 is 0 Å². The number of carbonyl (C=O) groups is 1. The second-order valence-corrected chi connectivity index (χ2v) is 6.10. The van der Waals surface area contributed by atoms with E-state index < -0.39 is 11.0 Å². The van der Waals surface area contributed by atoms with Gasteiger partial charge < -0.3 is 10.4 Å². The van der Waals surface area contributed by atoms with E-state index in [1.807, 2.05) is 30.3 Å². The van der Waals surface area contributed by atoms with Crippen LogP contribution in [-0.2, 0) is 11.2 Å². The van der Waals surface area contributed by atoms with Crippen LogP contribution in [0.25, 0.3) is 0 Å². The number of benzene rings is 2. The summed E-state index contributed by atoms with van der Waals surface area (Å²) >= 11 is 0. The van der Waals surface area contributed by atoms with Crippen LogP contribution in [0.15, 0.2) is 54.6 Å². The summed E-state index contributed by atoms with van der Waals surface area (Å²) in [5.74, 6) is -0.123. The smallest absolute Gasteiger partial charge is 0.269 e. The minimum Gasteiger partial charge on any atom is -0.393 e. The molecule has 0 radical (unpaired) electrons. The van der Waals surface area contributed by atoms with Crippen molar-refractivity contribution >= 4 is 11.6 Å². The fourth-order valence-electron chi connectivity index (χ4n) is 2.69. The number of non-ortho nitro benzene ring substituents is 1. The third-order valence-electron chi connectivity index (χ3n) is 3.95. The molecule has 2 aromatic carbocycles. The quantitative estimate of drug-likeness (QED) is 0.570. The van der Waals surface area contributed by atoms with Crippen molar-refractivity contribution in [2.45, 2.75) is 31.8 Å². The van der Waals surface area contributed by atoms with E-state index in [-0.39, 0.29) is 23.9 Å². The Morgan fingerprint density at radius 2 is 1.80 bits per heavy atom. The van der Waals surface area contributed by atoms with Crippen LogP contribution >= 0.6 is 0 Å². The summed E-state index contributed by atoms with van der Waals surface area (Å²) in [5, 5.41) is 23.2. The van der Waals surface area contributed by atoms with Crippen molar-refractivity contribution < 1.29 is 14.8 Å². The van der Waals surface area contributed by atoms with E-state index in [0.717, 1.165) is 11.1 Å². The van der Waals surface area contributed by atoms with Crippen molar-refractivity contribution in [3.8, 4) is 0 Å². The number of carbonyl (C=O) groups excluding carboxylic acids is 1. The molecule has 0 heterocycles. The molecule has 6 heteroatoms. The summed E-state index contributed by atoms with van der Waals surface area (Å²) in [6.45, 7) is 2.16. The standard InChI is InChI=1S/C19H22N2O4/c1-14(22)11-17(16-5-3-2-4-6-16)13-20-19(23)12-15-7-9-18(10-8-15)21(24)25/h2-10,14,17,22H,11-13H2,1H3,(H,20,23). The summed E-state index contributed by atoms with van der Waals surface area (Å²) in [7, 11) is 0. The van der Waals surface area contributed by atoms with Crippen molar-refractivity contribution in [3.05, 3.63) is 75.8 Å². The molecule has 0 aliphatic carbocycles. The number of aliphatic hydroxyl groups is 1. The highest BCUT2D eigenvalue weighted by Gasteiger charge is 2.15. The van der Waals surface area contributed by atoms with Gasteiger partial charge in [-0.2, -0.15) is 0 Å². The maximum Gasteiger partial charge on any atom is 0.269 e. The normalized spacial score (nSPS) is 13.0. The molecule has 2 atom stereocenters. The first-order valence-corrected chi connectivity index (χ1v) is 8.18. The number of nitro benzene ring substituents is 1. The Hall–Kier alpha value is -2.73. The Morgan fingerprint density at radius 3 is 2.36 bits per heavy atom. The summed E-state index contributed by atoms with van der Waals surface area (Å²) in [5.41, 5.74) is 1.79. The molecule has 0 bridgehead atoms. The lowest BCUT2D eigenvalue weighted by Crippen LogP contribution is -2.30. The maximum atomic E-state index is 12.1. The van der Waals surface area contributed by atoms with E-state index in [2.05, 4.69) is 5.32 Å². The Bertz CT molecular complexity index is 699. The van der Waals surface area contributed by atoms with Crippen LogP contribution in [0.1, 0.15) is 30.4 Å². The van der Waals surface area contributed by atoms with E-state index in [0.29, 0.717) is 13.0 Å². The molecule has 2 rings (SSSR count). The number of amides is 1. The number of nitrogens with one attached hydrogen (secondary N) is 1. The lowest BCUT2D eigenvalue weighted by Gasteiger charge is -2.19. The predicted octanol–water partition coefficient (Wildman–Crippen LogP) is 2.81. The first-order valence-electron chi connectivity index (χ1n) is 8.18. The van der Waals surface area contributed by atoms with Gasteiger partial charge in [0.2, 0.25) is 5.91 Å². The van der Waals surface area contributed by atoms with Crippen molar-refractivity contribution in [1.29, 1.82) is 0 Å². The average Bonchev–Trinajstić information content (AvgIpc) is 2.59. The largest absolute Gasteiger partial charge is 0.393 e. The number of hydrogen-bond donors (Lipinski definition) is 2. The van der Waals surface area contributed by atoms with Gasteiger partial charge in [0.1, 0.15) is 0 Å². The Labute approximate surface area is 146 Å². The van der Waals surface area contributed by atoms with Crippen LogP contribution in [0, 0.1) is 10.1 Å². The summed E-state index contributed by atoms with van der Waals surface area (Å²) in [6, 6.07) is 15.7. The van der Waals surface area contributed by atoms with Gasteiger partial charge in [0.05, 0.1) is 17.4 Å². The minimum absolute atomic E-state index is 0.00485. The van der Waals surface area contributed by atoms with Gasteiger partial charge in [-0.3, -0.25) is 14.9 Å². The van der Waals surface area contributed by atoms with Crippen LogP contribution in [0.3, 0.4) is 0 Å². The summed E-state index contributed by atoms with van der Waals surface area (Å²) in [4.78, 5) is 22.3. The number of aliphatic hydroxyl groups excluding tert-OH is 1. The van der Waals surface area contributed by atoms with Gasteiger partial charge in [-0.15, -0.1) is 0 Å². The molecule has 0 saturated carbocycles. The van der Waals surface area contributed by atoms with Crippen LogP contribution < -0.4 is 5.32 Å². The molecule has 0 aromatic heterocycles. The molecule has 25 heavy (non-hydrogen) atoms. The van der Waals surface area contributed by atoms with Crippen LogP contribution in [0.5, 0.6) is 0 Å². The fourth-order valence-corrected chi connectivity index (χ4v) is 2.69. The molecular weight excluding hydrogens is 320 g/mol. The molecule has 6 nitrogen and oxygen atoms in total. The van der Waals surface area contributed by atoms with Crippen LogP contribution in [-0.4, -0.2) is 28.6 Å². The lowest BCUT2D eigenvalue weighted by atomic mass is 9.93. The van der Waals surface area contributed by atoms with Gasteiger partial charge in [0.15, 0.2) is 0 Å². The van der Waals surface area contributed by atoms with E-state index >= 15 is 0 Å². The molecule has 2 unspecified atom stereocenters. The SMILES string of the molecule is CC(O)CC(CNC(=O)Cc1ccc([N+](=O)[O-])cc1)c1ccccc1. The van der Waals surface area contributed by atoms with Crippen LogP contribution in [0.2, 0.25) is 0 Å². The average molecular weight is 342 g/mol. The van der Waals surface area contributed by atoms with Gasteiger partial charge in [0, 0.05) is 24.6 Å². The molecule has 1 amide bonds. The molecular formula is C19H22N2O4. The number of rotatable bonds is 8. The first-order chi connectivity index (χ1) is 12.0. The Balaban J connectivity index is 1.93. The highest BCUT2D eigenvalue weighted by Crippen LogP contribution is 2.20. The molecule has 2 N–H and O–H groups in total. The molecule has 132 valence electrons. The highest BCUT2D eigenvalue weighted by atomic mass is 16.6. The first kappa shape index (κ1) is 18.6. The van der Waals surface area contributed by atoms with E-state index in [1.165, 1.54) is 12.1 Å². The second kappa shape index (κ2) is 8.94. The third-order valence-corrected chi connectivity index (χ3v) is 3.95. The summed E-state index contributed by atoms with van der Waals surface area (Å²) < 4.78 is 0. The lowest BCUT2D eigenvalue weighted by molar-refractivity contribution is -0.384. The van der Waals surface area contributed by atoms with Crippen molar-refractivity contribution in [3.63, 3.8) is 0 Å². The van der Waals surface area contributed by atoms with E-state index in [9.17, 15) is 20.0 Å². The van der Waals surface area contributed by atoms with Gasteiger partial charge in [-0.25, -0.2) is 0 Å². The van der Waals surface area contributed by atoms with Gasteiger partial charge in [0.25, 0.3) is 5.69 Å². The zero-order chi connectivity index (χ0) is 18.2. The third kappa shape index (κ3) is 6.00. The Morgan fingerprint density at radius 1 is 1.16 bits per heavy atom. The van der Waals surface area contributed by atoms with Crippen molar-refractivity contribution in [2.24, 2.45) is 0 Å². The monoisotopic (exact) mass is 342 g/mol. The van der Waals surface area contributed by atoms with Crippen molar-refractivity contribution in [1.82, 2.24) is 5.32 Å². The zero-order valence-corrected chi connectivity index (χ0v) is 14.1. The predicted molar refractivity (Wildman–Crippen MR) is 95.3 cm³/mol. The van der Waals surface area contributed by atoms with Crippen molar-refractivity contribution in [2.75, 3.05) is 6.54 Å². The fraction of sp³-hybridized carbons (Fsp3) is 0.316. The summed E-state index contributed by atoms with van der Waals surface area (Å²) in [6.07, 6.45) is 0.257. The minimum atomic E-state index is -0.468. The number of nitrogens with zero attached hydrogens (tertiary/aromatic N) is 1. The number of hydrogen-bond acceptors (Lipinski definition) is 4. The Kier molecular flexibility index (Phi) is 6.65. The van der Waals surface area contributed by atoms with Crippen LogP contribution in [0.4, 0.5) is 5.69 Å². The molecule has 0 fully saturated rings. The molecule has 2 aromatic rings. The van der Waals surface area contributed by atoms with E-state index in [4.69, 9.17) is 0 Å². The highest BCUT2D eigenvalue weighted by molar-refractivity contribution is 5.78. The number of nitro groups is 1. The maximum absolute atomic E-state index is 12.1. The molecule has 0 spiro atoms. The molecule has 0 aliphatic heterocycles. The molecule has 0 saturated heterocycles. The molecule has 0 aliphatic rings. The second-order valence-electron chi connectivity index (χ2n) is 6.10.